The molecule has 2 fully saturated rings. The van der Waals surface area contributed by atoms with Crippen molar-refractivity contribution in [2.45, 2.75) is 57.6 Å². The minimum atomic E-state index is 0.0364. The Labute approximate surface area is 146 Å². The van der Waals surface area contributed by atoms with Crippen molar-refractivity contribution in [3.05, 3.63) is 24.5 Å². The molecule has 0 unspecified atom stereocenters. The maximum atomic E-state index is 12.3. The van der Waals surface area contributed by atoms with Gasteiger partial charge in [-0.1, -0.05) is 11.6 Å². The molecular formula is C18H23N3O4. The molecule has 2 atom stereocenters. The molecule has 2 saturated carbocycles. The van der Waals surface area contributed by atoms with Crippen LogP contribution in [0.4, 0.5) is 0 Å². The van der Waals surface area contributed by atoms with Crippen LogP contribution < -0.4 is 5.32 Å². The van der Waals surface area contributed by atoms with Gasteiger partial charge in [-0.15, -0.1) is 0 Å². The first kappa shape index (κ1) is 16.3. The van der Waals surface area contributed by atoms with Gasteiger partial charge in [0.2, 0.25) is 17.6 Å². The smallest absolute Gasteiger partial charge is 0.227 e. The van der Waals surface area contributed by atoms with Gasteiger partial charge in [-0.3, -0.25) is 4.79 Å². The number of ether oxygens (including phenoxy) is 1. The minimum Gasteiger partial charge on any atom is -0.472 e. The average molecular weight is 345 g/mol. The van der Waals surface area contributed by atoms with E-state index in [-0.39, 0.29) is 17.4 Å². The van der Waals surface area contributed by atoms with E-state index in [4.69, 9.17) is 13.7 Å². The van der Waals surface area contributed by atoms with Gasteiger partial charge in [0, 0.05) is 30.9 Å². The Balaban J connectivity index is 1.27. The van der Waals surface area contributed by atoms with E-state index < -0.39 is 0 Å². The molecule has 0 bridgehead atoms. The van der Waals surface area contributed by atoms with Crippen LogP contribution in [-0.4, -0.2) is 34.8 Å². The molecule has 2 aliphatic rings. The second-order valence-corrected chi connectivity index (χ2v) is 6.91. The lowest BCUT2D eigenvalue weighted by atomic mass is 9.51. The van der Waals surface area contributed by atoms with Gasteiger partial charge >= 0.3 is 0 Å². The van der Waals surface area contributed by atoms with Gasteiger partial charge in [0.25, 0.3) is 0 Å². The molecule has 1 N–H and O–H groups in total. The molecule has 1 spiro atoms. The summed E-state index contributed by atoms with van der Waals surface area (Å²) >= 11 is 0. The first-order valence-corrected chi connectivity index (χ1v) is 8.97. The molecule has 2 heterocycles. The van der Waals surface area contributed by atoms with Crippen molar-refractivity contribution in [3.8, 4) is 11.4 Å². The van der Waals surface area contributed by atoms with Gasteiger partial charge in [-0.2, -0.15) is 4.98 Å². The van der Waals surface area contributed by atoms with E-state index in [0.29, 0.717) is 30.7 Å². The zero-order valence-corrected chi connectivity index (χ0v) is 14.4. The molecule has 4 rings (SSSR count). The maximum absolute atomic E-state index is 12.3. The number of hydrogen-bond donors (Lipinski definition) is 1. The lowest BCUT2D eigenvalue weighted by Crippen LogP contribution is -2.67. The first-order valence-electron chi connectivity index (χ1n) is 8.97. The monoisotopic (exact) mass is 345 g/mol. The van der Waals surface area contributed by atoms with Crippen molar-refractivity contribution >= 4 is 5.91 Å². The SMILES string of the molecule is CCO[C@@H]1C[C@@H](NC(=O)CCc2nc(-c3ccoc3)no2)C12CCC2. The number of carbonyl (C=O) groups is 1. The predicted octanol–water partition coefficient (Wildman–Crippen LogP) is 2.73. The molecule has 2 aliphatic carbocycles. The minimum absolute atomic E-state index is 0.0364. The van der Waals surface area contributed by atoms with Crippen LogP contribution in [0.3, 0.4) is 0 Å². The van der Waals surface area contributed by atoms with Crippen LogP contribution in [0.15, 0.2) is 27.5 Å². The van der Waals surface area contributed by atoms with Crippen LogP contribution in [0.25, 0.3) is 11.4 Å². The summed E-state index contributed by atoms with van der Waals surface area (Å²) in [6.45, 7) is 2.77. The molecule has 2 aromatic heterocycles. The van der Waals surface area contributed by atoms with Gasteiger partial charge in [-0.05, 0) is 32.3 Å². The molecule has 1 amide bonds. The Kier molecular flexibility index (Phi) is 4.33. The van der Waals surface area contributed by atoms with Crippen LogP contribution in [-0.2, 0) is 16.0 Å². The Hall–Kier alpha value is -2.15. The highest BCUT2D eigenvalue weighted by Gasteiger charge is 2.59. The topological polar surface area (TPSA) is 90.4 Å². The number of hydrogen-bond acceptors (Lipinski definition) is 6. The number of aromatic nitrogens is 2. The summed E-state index contributed by atoms with van der Waals surface area (Å²) in [7, 11) is 0. The summed E-state index contributed by atoms with van der Waals surface area (Å²) < 4.78 is 16.0. The van der Waals surface area contributed by atoms with E-state index >= 15 is 0 Å². The third-order valence-electron chi connectivity index (χ3n) is 5.59. The second kappa shape index (κ2) is 6.63. The zero-order valence-electron chi connectivity index (χ0n) is 14.4. The summed E-state index contributed by atoms with van der Waals surface area (Å²) in [4.78, 5) is 16.6. The van der Waals surface area contributed by atoms with Crippen LogP contribution in [0, 0.1) is 5.41 Å². The molecular weight excluding hydrogens is 322 g/mol. The third-order valence-corrected chi connectivity index (χ3v) is 5.59. The first-order chi connectivity index (χ1) is 12.2. The molecule has 0 saturated heterocycles. The van der Waals surface area contributed by atoms with Crippen molar-refractivity contribution in [2.75, 3.05) is 6.61 Å². The highest BCUT2D eigenvalue weighted by Crippen LogP contribution is 2.57. The van der Waals surface area contributed by atoms with Gasteiger partial charge in [0.1, 0.15) is 6.26 Å². The fourth-order valence-corrected chi connectivity index (χ4v) is 3.99. The molecule has 7 nitrogen and oxygen atoms in total. The number of nitrogens with zero attached hydrogens (tertiary/aromatic N) is 2. The average Bonchev–Trinajstić information content (AvgIpc) is 3.21. The second-order valence-electron chi connectivity index (χ2n) is 6.91. The summed E-state index contributed by atoms with van der Waals surface area (Å²) in [6, 6.07) is 2.01. The molecule has 0 aromatic carbocycles. The molecule has 2 aromatic rings. The number of carbonyl (C=O) groups excluding carboxylic acids is 1. The van der Waals surface area contributed by atoms with Crippen LogP contribution in [0.1, 0.15) is 44.9 Å². The van der Waals surface area contributed by atoms with Crippen molar-refractivity contribution in [1.29, 1.82) is 0 Å². The van der Waals surface area contributed by atoms with Crippen molar-refractivity contribution in [2.24, 2.45) is 5.41 Å². The lowest BCUT2D eigenvalue weighted by Gasteiger charge is -2.61. The Morgan fingerprint density at radius 1 is 1.48 bits per heavy atom. The predicted molar refractivity (Wildman–Crippen MR) is 88.6 cm³/mol. The van der Waals surface area contributed by atoms with Gasteiger partial charge in [0.05, 0.1) is 17.9 Å². The van der Waals surface area contributed by atoms with Crippen LogP contribution in [0.2, 0.25) is 0 Å². The fraction of sp³-hybridized carbons (Fsp3) is 0.611. The zero-order chi connectivity index (χ0) is 17.3. The summed E-state index contributed by atoms with van der Waals surface area (Å²) in [5.74, 6) is 0.982. The van der Waals surface area contributed by atoms with E-state index in [1.807, 2.05) is 6.92 Å². The summed E-state index contributed by atoms with van der Waals surface area (Å²) in [5, 5.41) is 7.08. The molecule has 0 radical (unpaired) electrons. The van der Waals surface area contributed by atoms with Gasteiger partial charge in [0.15, 0.2) is 0 Å². The lowest BCUT2D eigenvalue weighted by molar-refractivity contribution is -0.175. The van der Waals surface area contributed by atoms with Gasteiger partial charge in [-0.25, -0.2) is 0 Å². The highest BCUT2D eigenvalue weighted by atomic mass is 16.5. The number of aryl methyl sites for hydroxylation is 1. The van der Waals surface area contributed by atoms with Crippen LogP contribution in [0.5, 0.6) is 0 Å². The molecule has 7 heteroatoms. The summed E-state index contributed by atoms with van der Waals surface area (Å²) in [5.41, 5.74) is 0.952. The van der Waals surface area contributed by atoms with Crippen molar-refractivity contribution in [3.63, 3.8) is 0 Å². The van der Waals surface area contributed by atoms with E-state index in [9.17, 15) is 4.79 Å². The third kappa shape index (κ3) is 2.97. The number of nitrogens with one attached hydrogen (secondary N) is 1. The van der Waals surface area contributed by atoms with Crippen molar-refractivity contribution in [1.82, 2.24) is 15.5 Å². The van der Waals surface area contributed by atoms with E-state index in [0.717, 1.165) is 31.4 Å². The standard InChI is InChI=1S/C18H23N3O4/c1-2-24-14-10-13(18(14)7-3-8-18)19-15(22)4-5-16-20-17(21-25-16)12-6-9-23-11-12/h6,9,11,13-14H,2-5,7-8,10H2,1H3,(H,19,22)/t13-,14-/m1/s1. The normalized spacial score (nSPS) is 23.9. The Bertz CT molecular complexity index is 721. The maximum Gasteiger partial charge on any atom is 0.227 e. The number of rotatable bonds is 7. The van der Waals surface area contributed by atoms with Gasteiger partial charge < -0.3 is 19.0 Å². The fourth-order valence-electron chi connectivity index (χ4n) is 3.99. The highest BCUT2D eigenvalue weighted by molar-refractivity contribution is 5.76. The summed E-state index contributed by atoms with van der Waals surface area (Å²) in [6.07, 6.45) is 8.67. The Morgan fingerprint density at radius 3 is 3.04 bits per heavy atom. The van der Waals surface area contributed by atoms with Crippen LogP contribution >= 0.6 is 0 Å². The largest absolute Gasteiger partial charge is 0.472 e. The quantitative estimate of drug-likeness (QED) is 0.830. The molecule has 0 aliphatic heterocycles. The Morgan fingerprint density at radius 2 is 2.36 bits per heavy atom. The molecule has 134 valence electrons. The van der Waals surface area contributed by atoms with E-state index in [1.165, 1.54) is 6.42 Å². The number of furan rings is 1. The molecule has 25 heavy (non-hydrogen) atoms. The van der Waals surface area contributed by atoms with Crippen molar-refractivity contribution < 1.29 is 18.5 Å². The van der Waals surface area contributed by atoms with E-state index in [2.05, 4.69) is 15.5 Å². The van der Waals surface area contributed by atoms with E-state index in [1.54, 1.807) is 18.6 Å². The number of amides is 1.